The number of carboxylic acids is 1. The molecular formula is C14H24N2O6. The van der Waals surface area contributed by atoms with Crippen LogP contribution in [0, 0.1) is 5.92 Å². The van der Waals surface area contributed by atoms with Gasteiger partial charge in [0.1, 0.15) is 6.54 Å². The van der Waals surface area contributed by atoms with Crippen LogP contribution in [0.1, 0.15) is 13.8 Å². The van der Waals surface area contributed by atoms with Gasteiger partial charge in [0.05, 0.1) is 25.2 Å². The minimum absolute atomic E-state index is 0.0252. The molecule has 2 atom stereocenters. The monoisotopic (exact) mass is 316 g/mol. The van der Waals surface area contributed by atoms with Gasteiger partial charge in [0.2, 0.25) is 11.8 Å². The summed E-state index contributed by atoms with van der Waals surface area (Å²) in [4.78, 5) is 37.4. The van der Waals surface area contributed by atoms with Crippen molar-refractivity contribution < 1.29 is 29.0 Å². The summed E-state index contributed by atoms with van der Waals surface area (Å²) in [6.07, 6.45) is -0.379. The van der Waals surface area contributed by atoms with E-state index in [4.69, 9.17) is 14.6 Å². The van der Waals surface area contributed by atoms with Gasteiger partial charge in [-0.3, -0.25) is 14.4 Å². The lowest BCUT2D eigenvalue weighted by molar-refractivity contribution is -0.149. The Kier molecular flexibility index (Phi) is 7.26. The van der Waals surface area contributed by atoms with E-state index in [9.17, 15) is 14.4 Å². The van der Waals surface area contributed by atoms with Gasteiger partial charge < -0.3 is 24.4 Å². The SMILES string of the molecule is COCC(C)C(=O)N1CCOC(CN(CC(=O)O)C(C)=O)C1. The second-order valence-electron chi connectivity index (χ2n) is 5.43. The van der Waals surface area contributed by atoms with Crippen LogP contribution < -0.4 is 0 Å². The topological polar surface area (TPSA) is 96.4 Å². The van der Waals surface area contributed by atoms with Crippen LogP contribution in [0.15, 0.2) is 0 Å². The zero-order valence-electron chi connectivity index (χ0n) is 13.3. The minimum Gasteiger partial charge on any atom is -0.480 e. The molecule has 0 radical (unpaired) electrons. The first-order valence-electron chi connectivity index (χ1n) is 7.21. The number of carboxylic acid groups (broad SMARTS) is 1. The van der Waals surface area contributed by atoms with E-state index in [1.165, 1.54) is 11.8 Å². The van der Waals surface area contributed by atoms with Gasteiger partial charge in [-0.15, -0.1) is 0 Å². The van der Waals surface area contributed by atoms with Crippen LogP contribution in [0.2, 0.25) is 0 Å². The van der Waals surface area contributed by atoms with Crippen LogP contribution in [-0.4, -0.2) is 85.3 Å². The van der Waals surface area contributed by atoms with Gasteiger partial charge in [-0.1, -0.05) is 6.92 Å². The largest absolute Gasteiger partial charge is 0.480 e. The molecule has 1 saturated heterocycles. The van der Waals surface area contributed by atoms with Gasteiger partial charge in [-0.05, 0) is 0 Å². The van der Waals surface area contributed by atoms with Crippen molar-refractivity contribution in [1.82, 2.24) is 9.80 Å². The molecule has 8 nitrogen and oxygen atoms in total. The second-order valence-corrected chi connectivity index (χ2v) is 5.43. The summed E-state index contributed by atoms with van der Waals surface area (Å²) in [6, 6.07) is 0. The number of methoxy groups -OCH3 is 1. The van der Waals surface area contributed by atoms with Crippen LogP contribution in [-0.2, 0) is 23.9 Å². The second kappa shape index (κ2) is 8.70. The number of carbonyl (C=O) groups is 3. The minimum atomic E-state index is -1.08. The molecule has 0 aromatic rings. The highest BCUT2D eigenvalue weighted by Gasteiger charge is 2.29. The molecular weight excluding hydrogens is 292 g/mol. The van der Waals surface area contributed by atoms with Gasteiger partial charge in [-0.2, -0.15) is 0 Å². The third-order valence-corrected chi connectivity index (χ3v) is 3.48. The molecule has 0 aromatic heterocycles. The number of nitrogens with zero attached hydrogens (tertiary/aromatic N) is 2. The molecule has 1 aliphatic rings. The molecule has 0 bridgehead atoms. The first kappa shape index (κ1) is 18.4. The quantitative estimate of drug-likeness (QED) is 0.676. The molecule has 0 spiro atoms. The van der Waals surface area contributed by atoms with Gasteiger partial charge in [0.15, 0.2) is 0 Å². The van der Waals surface area contributed by atoms with Crippen molar-refractivity contribution in [2.45, 2.75) is 20.0 Å². The number of morpholine rings is 1. The molecule has 0 aliphatic carbocycles. The molecule has 22 heavy (non-hydrogen) atoms. The van der Waals surface area contributed by atoms with E-state index in [0.717, 1.165) is 0 Å². The van der Waals surface area contributed by atoms with Crippen molar-refractivity contribution >= 4 is 17.8 Å². The maximum absolute atomic E-state index is 12.2. The Morgan fingerprint density at radius 1 is 1.45 bits per heavy atom. The van der Waals surface area contributed by atoms with Crippen LogP contribution >= 0.6 is 0 Å². The number of hydrogen-bond donors (Lipinski definition) is 1. The summed E-state index contributed by atoms with van der Waals surface area (Å²) in [7, 11) is 1.54. The van der Waals surface area contributed by atoms with Crippen molar-refractivity contribution in [3.63, 3.8) is 0 Å². The zero-order chi connectivity index (χ0) is 16.7. The zero-order valence-corrected chi connectivity index (χ0v) is 13.3. The average molecular weight is 316 g/mol. The summed E-state index contributed by atoms with van der Waals surface area (Å²) in [5, 5.41) is 8.82. The van der Waals surface area contributed by atoms with Crippen LogP contribution in [0.3, 0.4) is 0 Å². The summed E-state index contributed by atoms with van der Waals surface area (Å²) >= 11 is 0. The van der Waals surface area contributed by atoms with Gasteiger partial charge in [0, 0.05) is 33.7 Å². The molecule has 0 aromatic carbocycles. The summed E-state index contributed by atoms with van der Waals surface area (Å²) in [5.41, 5.74) is 0. The number of amides is 2. The maximum atomic E-state index is 12.2. The third kappa shape index (κ3) is 5.61. The van der Waals surface area contributed by atoms with E-state index >= 15 is 0 Å². The van der Waals surface area contributed by atoms with Crippen LogP contribution in [0.5, 0.6) is 0 Å². The molecule has 0 saturated carbocycles. The summed E-state index contributed by atoms with van der Waals surface area (Å²) in [6.45, 7) is 4.44. The van der Waals surface area contributed by atoms with E-state index in [0.29, 0.717) is 26.3 Å². The van der Waals surface area contributed by atoms with Crippen LogP contribution in [0.4, 0.5) is 0 Å². The first-order valence-corrected chi connectivity index (χ1v) is 7.21. The molecule has 2 unspecified atom stereocenters. The van der Waals surface area contributed by atoms with Crippen molar-refractivity contribution in [1.29, 1.82) is 0 Å². The number of aliphatic carboxylic acids is 1. The highest BCUT2D eigenvalue weighted by atomic mass is 16.5. The number of hydrogen-bond acceptors (Lipinski definition) is 5. The fourth-order valence-corrected chi connectivity index (χ4v) is 2.38. The van der Waals surface area contributed by atoms with Crippen molar-refractivity contribution in [2.75, 3.05) is 46.5 Å². The highest BCUT2D eigenvalue weighted by Crippen LogP contribution is 2.11. The fraction of sp³-hybridized carbons (Fsp3) is 0.786. The Hall–Kier alpha value is -1.67. The fourth-order valence-electron chi connectivity index (χ4n) is 2.38. The Labute approximate surface area is 130 Å². The Morgan fingerprint density at radius 2 is 2.14 bits per heavy atom. The van der Waals surface area contributed by atoms with Gasteiger partial charge in [0.25, 0.3) is 0 Å². The van der Waals surface area contributed by atoms with Crippen molar-refractivity contribution in [2.24, 2.45) is 5.92 Å². The predicted octanol–water partition coefficient (Wildman–Crippen LogP) is -0.571. The molecule has 8 heteroatoms. The number of carbonyl (C=O) groups excluding carboxylic acids is 2. The van der Waals surface area contributed by atoms with E-state index < -0.39 is 5.97 Å². The third-order valence-electron chi connectivity index (χ3n) is 3.48. The molecule has 1 rings (SSSR count). The van der Waals surface area contributed by atoms with E-state index in [2.05, 4.69) is 0 Å². The van der Waals surface area contributed by atoms with E-state index in [-0.39, 0.29) is 36.9 Å². The van der Waals surface area contributed by atoms with E-state index in [1.807, 2.05) is 0 Å². The van der Waals surface area contributed by atoms with Crippen molar-refractivity contribution in [3.8, 4) is 0 Å². The number of ether oxygens (including phenoxy) is 2. The lowest BCUT2D eigenvalue weighted by Crippen LogP contribution is -2.52. The molecule has 1 aliphatic heterocycles. The lowest BCUT2D eigenvalue weighted by Gasteiger charge is -2.36. The van der Waals surface area contributed by atoms with E-state index in [1.54, 1.807) is 18.9 Å². The predicted molar refractivity (Wildman–Crippen MR) is 77.2 cm³/mol. The van der Waals surface area contributed by atoms with Gasteiger partial charge >= 0.3 is 5.97 Å². The first-order chi connectivity index (χ1) is 10.3. The lowest BCUT2D eigenvalue weighted by atomic mass is 10.1. The normalized spacial score (nSPS) is 19.6. The van der Waals surface area contributed by atoms with Crippen LogP contribution in [0.25, 0.3) is 0 Å². The standard InChI is InChI=1S/C14H24N2O6/c1-10(9-21-3)14(20)15-4-5-22-12(6-15)7-16(11(2)17)8-13(18)19/h10,12H,4-9H2,1-3H3,(H,18,19). The summed E-state index contributed by atoms with van der Waals surface area (Å²) in [5.74, 6) is -1.68. The average Bonchev–Trinajstić information content (AvgIpc) is 2.45. The molecule has 1 N–H and O–H groups in total. The smallest absolute Gasteiger partial charge is 0.323 e. The summed E-state index contributed by atoms with van der Waals surface area (Å²) < 4.78 is 10.5. The molecule has 1 fully saturated rings. The Morgan fingerprint density at radius 3 is 2.68 bits per heavy atom. The molecule has 126 valence electrons. The van der Waals surface area contributed by atoms with Crippen molar-refractivity contribution in [3.05, 3.63) is 0 Å². The Balaban J connectivity index is 2.60. The highest BCUT2D eigenvalue weighted by molar-refractivity contribution is 5.80. The van der Waals surface area contributed by atoms with Gasteiger partial charge in [-0.25, -0.2) is 0 Å². The molecule has 2 amide bonds. The number of rotatable bonds is 7. The Bertz CT molecular complexity index is 414. The maximum Gasteiger partial charge on any atom is 0.323 e. The molecule has 1 heterocycles.